The smallest absolute Gasteiger partial charge is 0.133 e. The molecule has 114 valence electrons. The number of rotatable bonds is 8. The highest BCUT2D eigenvalue weighted by atomic mass is 15.2. The van der Waals surface area contributed by atoms with Crippen molar-refractivity contribution >= 4 is 5.82 Å². The summed E-state index contributed by atoms with van der Waals surface area (Å²) in [5, 5.41) is 3.52. The van der Waals surface area contributed by atoms with Gasteiger partial charge < -0.3 is 10.2 Å². The predicted molar refractivity (Wildman–Crippen MR) is 88.5 cm³/mol. The van der Waals surface area contributed by atoms with Gasteiger partial charge in [0.1, 0.15) is 5.82 Å². The predicted octanol–water partition coefficient (Wildman–Crippen LogP) is 3.82. The average molecular weight is 277 g/mol. The molecule has 3 nitrogen and oxygen atoms in total. The van der Waals surface area contributed by atoms with Crippen LogP contribution in [0.4, 0.5) is 5.82 Å². The lowest BCUT2D eigenvalue weighted by molar-refractivity contribution is 0.637. The third-order valence-electron chi connectivity index (χ3n) is 3.54. The Bertz CT molecular complexity index is 413. The summed E-state index contributed by atoms with van der Waals surface area (Å²) in [6, 6.07) is 2.67. The summed E-state index contributed by atoms with van der Waals surface area (Å²) in [7, 11) is 0. The highest BCUT2D eigenvalue weighted by Gasteiger charge is 2.17. The molecule has 0 aliphatic rings. The zero-order chi connectivity index (χ0) is 15.1. The van der Waals surface area contributed by atoms with Gasteiger partial charge >= 0.3 is 0 Å². The molecule has 0 spiro atoms. The molecule has 1 N–H and O–H groups in total. The molecule has 1 heterocycles. The molecule has 0 saturated carbocycles. The second kappa shape index (κ2) is 8.25. The molecule has 0 bridgehead atoms. The summed E-state index contributed by atoms with van der Waals surface area (Å²) >= 11 is 0. The van der Waals surface area contributed by atoms with E-state index >= 15 is 0 Å². The van der Waals surface area contributed by atoms with Crippen LogP contribution in [-0.2, 0) is 6.54 Å². The normalized spacial score (nSPS) is 11.2. The van der Waals surface area contributed by atoms with Crippen molar-refractivity contribution in [2.24, 2.45) is 0 Å². The lowest BCUT2D eigenvalue weighted by atomic mass is 10.1. The number of nitrogens with zero attached hydrogens (tertiary/aromatic N) is 2. The van der Waals surface area contributed by atoms with Crippen LogP contribution in [0.1, 0.15) is 57.4 Å². The monoisotopic (exact) mass is 277 g/mol. The number of nitrogens with one attached hydrogen (secondary N) is 1. The Morgan fingerprint density at radius 3 is 2.45 bits per heavy atom. The lowest BCUT2D eigenvalue weighted by Gasteiger charge is -2.30. The van der Waals surface area contributed by atoms with Crippen LogP contribution in [0.2, 0.25) is 0 Å². The number of hydrogen-bond acceptors (Lipinski definition) is 3. The van der Waals surface area contributed by atoms with Crippen LogP contribution in [0.3, 0.4) is 0 Å². The van der Waals surface area contributed by atoms with E-state index in [-0.39, 0.29) is 0 Å². The minimum atomic E-state index is 0.480. The van der Waals surface area contributed by atoms with Crippen LogP contribution in [0.15, 0.2) is 6.07 Å². The van der Waals surface area contributed by atoms with Gasteiger partial charge in [-0.25, -0.2) is 4.98 Å². The molecule has 0 radical (unpaired) electrons. The standard InChI is InChI=1S/C17H31N3/c1-7-9-18-12-16-14(5)11-15(6)19-17(16)20(10-8-2)13(3)4/h11,13,18H,7-10,12H2,1-6H3. The summed E-state index contributed by atoms with van der Waals surface area (Å²) in [6.07, 6.45) is 2.31. The fraction of sp³-hybridized carbons (Fsp3) is 0.706. The van der Waals surface area contributed by atoms with Crippen molar-refractivity contribution in [1.29, 1.82) is 0 Å². The maximum atomic E-state index is 4.84. The third kappa shape index (κ3) is 4.48. The molecule has 0 amide bonds. The van der Waals surface area contributed by atoms with E-state index < -0.39 is 0 Å². The maximum absolute atomic E-state index is 4.84. The van der Waals surface area contributed by atoms with Crippen molar-refractivity contribution in [1.82, 2.24) is 10.3 Å². The molecule has 0 aliphatic heterocycles. The molecule has 0 atom stereocenters. The molecule has 1 aromatic rings. The van der Waals surface area contributed by atoms with Crippen molar-refractivity contribution in [3.63, 3.8) is 0 Å². The van der Waals surface area contributed by atoms with Gasteiger partial charge in [0.05, 0.1) is 0 Å². The van der Waals surface area contributed by atoms with E-state index in [0.29, 0.717) is 6.04 Å². The number of anilines is 1. The van der Waals surface area contributed by atoms with Crippen molar-refractivity contribution in [3.8, 4) is 0 Å². The van der Waals surface area contributed by atoms with Crippen LogP contribution >= 0.6 is 0 Å². The van der Waals surface area contributed by atoms with Crippen LogP contribution in [0, 0.1) is 13.8 Å². The van der Waals surface area contributed by atoms with Crippen molar-refractivity contribution < 1.29 is 0 Å². The highest BCUT2D eigenvalue weighted by Crippen LogP contribution is 2.24. The van der Waals surface area contributed by atoms with Gasteiger partial charge in [0.25, 0.3) is 0 Å². The molecular formula is C17H31N3. The zero-order valence-electron chi connectivity index (χ0n) is 14.1. The number of hydrogen-bond donors (Lipinski definition) is 1. The molecule has 1 aromatic heterocycles. The summed E-state index contributed by atoms with van der Waals surface area (Å²) < 4.78 is 0. The van der Waals surface area contributed by atoms with E-state index in [4.69, 9.17) is 4.98 Å². The Morgan fingerprint density at radius 1 is 1.20 bits per heavy atom. The van der Waals surface area contributed by atoms with Crippen LogP contribution < -0.4 is 10.2 Å². The largest absolute Gasteiger partial charge is 0.354 e. The third-order valence-corrected chi connectivity index (χ3v) is 3.54. The van der Waals surface area contributed by atoms with Crippen molar-refractivity contribution in [2.45, 2.75) is 67.0 Å². The van der Waals surface area contributed by atoms with E-state index in [0.717, 1.165) is 38.2 Å². The molecular weight excluding hydrogens is 246 g/mol. The molecule has 0 saturated heterocycles. The topological polar surface area (TPSA) is 28.2 Å². The van der Waals surface area contributed by atoms with Gasteiger partial charge in [0.15, 0.2) is 0 Å². The molecule has 0 unspecified atom stereocenters. The maximum Gasteiger partial charge on any atom is 0.133 e. The second-order valence-corrected chi connectivity index (χ2v) is 5.85. The Labute approximate surface area is 124 Å². The lowest BCUT2D eigenvalue weighted by Crippen LogP contribution is -2.34. The molecule has 0 aliphatic carbocycles. The minimum absolute atomic E-state index is 0.480. The first-order valence-electron chi connectivity index (χ1n) is 7.95. The van der Waals surface area contributed by atoms with Crippen molar-refractivity contribution in [2.75, 3.05) is 18.0 Å². The Morgan fingerprint density at radius 2 is 1.90 bits per heavy atom. The van der Waals surface area contributed by atoms with Gasteiger partial charge in [-0.05, 0) is 58.7 Å². The number of aryl methyl sites for hydroxylation is 2. The summed E-state index contributed by atoms with van der Waals surface area (Å²) in [5.74, 6) is 1.17. The quantitative estimate of drug-likeness (QED) is 0.732. The van der Waals surface area contributed by atoms with E-state index in [1.165, 1.54) is 16.9 Å². The average Bonchev–Trinajstić information content (AvgIpc) is 2.38. The summed E-state index contributed by atoms with van der Waals surface area (Å²) in [6.45, 7) is 16.2. The van der Waals surface area contributed by atoms with Crippen LogP contribution in [0.5, 0.6) is 0 Å². The molecule has 0 aromatic carbocycles. The fourth-order valence-electron chi connectivity index (χ4n) is 2.54. The van der Waals surface area contributed by atoms with E-state index in [1.807, 2.05) is 0 Å². The van der Waals surface area contributed by atoms with Gasteiger partial charge in [-0.15, -0.1) is 0 Å². The molecule has 1 rings (SSSR count). The minimum Gasteiger partial charge on any atom is -0.354 e. The van der Waals surface area contributed by atoms with Gasteiger partial charge in [-0.1, -0.05) is 13.8 Å². The molecule has 20 heavy (non-hydrogen) atoms. The zero-order valence-corrected chi connectivity index (χ0v) is 14.1. The number of aromatic nitrogens is 1. The second-order valence-electron chi connectivity index (χ2n) is 5.85. The van der Waals surface area contributed by atoms with Crippen LogP contribution in [0.25, 0.3) is 0 Å². The van der Waals surface area contributed by atoms with E-state index in [1.54, 1.807) is 0 Å². The van der Waals surface area contributed by atoms with Gasteiger partial charge in [0.2, 0.25) is 0 Å². The SMILES string of the molecule is CCCNCc1c(C)cc(C)nc1N(CCC)C(C)C. The Hall–Kier alpha value is -1.09. The summed E-state index contributed by atoms with van der Waals surface area (Å²) in [5.41, 5.74) is 3.81. The molecule has 0 fully saturated rings. The van der Waals surface area contributed by atoms with Crippen molar-refractivity contribution in [3.05, 3.63) is 22.9 Å². The van der Waals surface area contributed by atoms with Gasteiger partial charge in [-0.2, -0.15) is 0 Å². The first-order chi connectivity index (χ1) is 9.51. The number of pyridine rings is 1. The molecule has 3 heteroatoms. The highest BCUT2D eigenvalue weighted by molar-refractivity contribution is 5.52. The summed E-state index contributed by atoms with van der Waals surface area (Å²) in [4.78, 5) is 7.27. The van der Waals surface area contributed by atoms with Crippen LogP contribution in [-0.4, -0.2) is 24.1 Å². The Kier molecular flexibility index (Phi) is 7.00. The van der Waals surface area contributed by atoms with Gasteiger partial charge in [-0.3, -0.25) is 0 Å². The fourth-order valence-corrected chi connectivity index (χ4v) is 2.54. The van der Waals surface area contributed by atoms with Gasteiger partial charge in [0, 0.05) is 30.4 Å². The first kappa shape index (κ1) is 17.0. The Balaban J connectivity index is 3.12. The van der Waals surface area contributed by atoms with E-state index in [9.17, 15) is 0 Å². The first-order valence-corrected chi connectivity index (χ1v) is 7.95. The van der Waals surface area contributed by atoms with E-state index in [2.05, 4.69) is 57.8 Å².